The average Bonchev–Trinajstić information content (AvgIpc) is 2.79. The number of amides is 1. The van der Waals surface area contributed by atoms with E-state index in [1.54, 1.807) is 23.1 Å². The van der Waals surface area contributed by atoms with Gasteiger partial charge < -0.3 is 19.1 Å². The highest BCUT2D eigenvalue weighted by atomic mass is 16.6. The number of hydrogen-bond donors (Lipinski definition) is 0. The van der Waals surface area contributed by atoms with E-state index < -0.39 is 0 Å². The molecule has 0 saturated heterocycles. The third-order valence-electron chi connectivity index (χ3n) is 4.81. The molecule has 2 aromatic rings. The van der Waals surface area contributed by atoms with Crippen molar-refractivity contribution in [3.05, 3.63) is 59.7 Å². The van der Waals surface area contributed by atoms with E-state index in [1.165, 1.54) is 7.11 Å². The van der Waals surface area contributed by atoms with E-state index in [9.17, 15) is 14.4 Å². The number of esters is 1. The Labute approximate surface area is 175 Å². The van der Waals surface area contributed by atoms with E-state index in [2.05, 4.69) is 4.74 Å². The van der Waals surface area contributed by atoms with Crippen molar-refractivity contribution in [1.82, 2.24) is 4.90 Å². The third kappa shape index (κ3) is 5.83. The van der Waals surface area contributed by atoms with Gasteiger partial charge in [-0.25, -0.2) is 0 Å². The number of hydrogen-bond acceptors (Lipinski definition) is 6. The van der Waals surface area contributed by atoms with E-state index >= 15 is 0 Å². The maximum Gasteiger partial charge on any atom is 0.307 e. The Morgan fingerprint density at radius 3 is 2.40 bits per heavy atom. The van der Waals surface area contributed by atoms with Crippen LogP contribution in [-0.2, 0) is 20.9 Å². The molecule has 0 atom stereocenters. The van der Waals surface area contributed by atoms with Gasteiger partial charge in [-0.1, -0.05) is 30.3 Å². The molecule has 7 nitrogen and oxygen atoms in total. The van der Waals surface area contributed by atoms with Gasteiger partial charge in [0.1, 0.15) is 13.2 Å². The van der Waals surface area contributed by atoms with Crippen LogP contribution in [0.25, 0.3) is 0 Å². The van der Waals surface area contributed by atoms with Crippen LogP contribution in [0.4, 0.5) is 0 Å². The number of rotatable bonds is 9. The Kier molecular flexibility index (Phi) is 7.43. The fourth-order valence-corrected chi connectivity index (χ4v) is 3.16. The van der Waals surface area contributed by atoms with Crippen molar-refractivity contribution in [2.24, 2.45) is 0 Å². The molecule has 0 saturated carbocycles. The number of methoxy groups -OCH3 is 1. The topological polar surface area (TPSA) is 82.1 Å². The summed E-state index contributed by atoms with van der Waals surface area (Å²) in [5, 5.41) is 0. The lowest BCUT2D eigenvalue weighted by atomic mass is 10.0. The largest absolute Gasteiger partial charge is 0.486 e. The van der Waals surface area contributed by atoms with Gasteiger partial charge in [0, 0.05) is 31.5 Å². The monoisotopic (exact) mass is 411 g/mol. The van der Waals surface area contributed by atoms with Crippen molar-refractivity contribution in [2.75, 3.05) is 26.9 Å². The van der Waals surface area contributed by atoms with Crippen molar-refractivity contribution in [3.8, 4) is 11.5 Å². The number of nitrogens with zero attached hydrogens (tertiary/aromatic N) is 1. The lowest BCUT2D eigenvalue weighted by molar-refractivity contribution is -0.142. The number of carbonyl (C=O) groups excluding carboxylic acids is 3. The van der Waals surface area contributed by atoms with Crippen LogP contribution in [0.15, 0.2) is 48.5 Å². The van der Waals surface area contributed by atoms with Gasteiger partial charge in [0.15, 0.2) is 17.3 Å². The summed E-state index contributed by atoms with van der Waals surface area (Å²) in [6.45, 7) is 1.53. The fraction of sp³-hybridized carbons (Fsp3) is 0.348. The molecular formula is C23H25NO6. The van der Waals surface area contributed by atoms with E-state index in [-0.39, 0.29) is 43.5 Å². The van der Waals surface area contributed by atoms with E-state index in [1.807, 2.05) is 30.3 Å². The van der Waals surface area contributed by atoms with E-state index in [0.717, 1.165) is 5.56 Å². The first kappa shape index (κ1) is 21.4. The van der Waals surface area contributed by atoms with E-state index in [0.29, 0.717) is 36.8 Å². The molecule has 0 radical (unpaired) electrons. The Morgan fingerprint density at radius 2 is 1.67 bits per heavy atom. The maximum absolute atomic E-state index is 12.8. The Hall–Kier alpha value is -3.35. The Balaban J connectivity index is 1.61. The molecule has 1 heterocycles. The molecule has 0 spiro atoms. The van der Waals surface area contributed by atoms with Crippen LogP contribution in [0, 0.1) is 0 Å². The summed E-state index contributed by atoms with van der Waals surface area (Å²) >= 11 is 0. The minimum atomic E-state index is -0.381. The number of Topliss-reactive ketones (excluding diaryl/α,β-unsaturated/α-hetero) is 1. The fourth-order valence-electron chi connectivity index (χ4n) is 3.16. The lowest BCUT2D eigenvalue weighted by Crippen LogP contribution is -2.33. The van der Waals surface area contributed by atoms with Crippen LogP contribution in [0.1, 0.15) is 35.2 Å². The molecule has 1 amide bonds. The van der Waals surface area contributed by atoms with Gasteiger partial charge in [-0.3, -0.25) is 14.4 Å². The molecule has 0 aromatic heterocycles. The highest BCUT2D eigenvalue weighted by molar-refractivity contribution is 5.98. The molecule has 3 rings (SSSR count). The molecule has 158 valence electrons. The highest BCUT2D eigenvalue weighted by Gasteiger charge is 2.19. The summed E-state index contributed by atoms with van der Waals surface area (Å²) in [5.74, 6) is 0.447. The first-order valence-electron chi connectivity index (χ1n) is 9.88. The predicted octanol–water partition coefficient (Wildman–Crippen LogP) is 3.01. The van der Waals surface area contributed by atoms with Crippen molar-refractivity contribution < 1.29 is 28.6 Å². The molecule has 1 aliphatic heterocycles. The smallest absolute Gasteiger partial charge is 0.307 e. The van der Waals surface area contributed by atoms with Gasteiger partial charge in [-0.15, -0.1) is 0 Å². The SMILES string of the molecule is COC(=O)CCN(Cc1ccccc1)C(=O)CCC(=O)c1ccc2c(c1)OCCO2. The van der Waals surface area contributed by atoms with Crippen molar-refractivity contribution in [1.29, 1.82) is 0 Å². The average molecular weight is 411 g/mol. The zero-order valence-corrected chi connectivity index (χ0v) is 17.0. The van der Waals surface area contributed by atoms with Gasteiger partial charge in [0.2, 0.25) is 5.91 Å². The molecule has 0 fully saturated rings. The number of ketones is 1. The minimum absolute atomic E-state index is 0.0568. The van der Waals surface area contributed by atoms with Crippen molar-refractivity contribution in [3.63, 3.8) is 0 Å². The number of carbonyl (C=O) groups is 3. The highest BCUT2D eigenvalue weighted by Crippen LogP contribution is 2.31. The molecule has 0 unspecified atom stereocenters. The van der Waals surface area contributed by atoms with Crippen molar-refractivity contribution >= 4 is 17.7 Å². The minimum Gasteiger partial charge on any atom is -0.486 e. The normalized spacial score (nSPS) is 12.2. The number of fused-ring (bicyclic) bond motifs is 1. The van der Waals surface area contributed by atoms with Gasteiger partial charge in [-0.05, 0) is 23.8 Å². The molecule has 1 aliphatic rings. The zero-order valence-electron chi connectivity index (χ0n) is 17.0. The lowest BCUT2D eigenvalue weighted by Gasteiger charge is -2.22. The van der Waals surface area contributed by atoms with Crippen LogP contribution in [0.3, 0.4) is 0 Å². The summed E-state index contributed by atoms with van der Waals surface area (Å²) in [5.41, 5.74) is 1.44. The van der Waals surface area contributed by atoms with Crippen molar-refractivity contribution in [2.45, 2.75) is 25.8 Å². The van der Waals surface area contributed by atoms with Crippen LogP contribution in [0.2, 0.25) is 0 Å². The Morgan fingerprint density at radius 1 is 0.933 bits per heavy atom. The second-order valence-electron chi connectivity index (χ2n) is 6.91. The van der Waals surface area contributed by atoms with Gasteiger partial charge in [0.25, 0.3) is 0 Å². The number of benzene rings is 2. The summed E-state index contributed by atoms with van der Waals surface area (Å²) in [6.07, 6.45) is 0.231. The first-order valence-corrected chi connectivity index (χ1v) is 9.88. The van der Waals surface area contributed by atoms with Gasteiger partial charge in [0.05, 0.1) is 13.5 Å². The summed E-state index contributed by atoms with van der Waals surface area (Å²) in [7, 11) is 1.32. The summed E-state index contributed by atoms with van der Waals surface area (Å²) in [4.78, 5) is 38.5. The molecule has 7 heteroatoms. The van der Waals surface area contributed by atoms with E-state index in [4.69, 9.17) is 9.47 Å². The summed E-state index contributed by atoms with van der Waals surface area (Å²) in [6, 6.07) is 14.6. The summed E-state index contributed by atoms with van der Waals surface area (Å²) < 4.78 is 15.7. The van der Waals surface area contributed by atoms with Crippen LogP contribution in [-0.4, -0.2) is 49.4 Å². The standard InChI is InChI=1S/C23H25NO6/c1-28-23(27)11-12-24(16-17-5-3-2-4-6-17)22(26)10-8-19(25)18-7-9-20-21(15-18)30-14-13-29-20/h2-7,9,15H,8,10-14,16H2,1H3. The second kappa shape index (κ2) is 10.4. The predicted molar refractivity (Wildman–Crippen MR) is 109 cm³/mol. The second-order valence-corrected chi connectivity index (χ2v) is 6.91. The number of ether oxygens (including phenoxy) is 3. The van der Waals surface area contributed by atoms with Gasteiger partial charge in [-0.2, -0.15) is 0 Å². The molecule has 0 N–H and O–H groups in total. The van der Waals surface area contributed by atoms with Gasteiger partial charge >= 0.3 is 5.97 Å². The van der Waals surface area contributed by atoms with Crippen LogP contribution < -0.4 is 9.47 Å². The molecular weight excluding hydrogens is 386 g/mol. The molecule has 0 bridgehead atoms. The molecule has 30 heavy (non-hydrogen) atoms. The first-order chi connectivity index (χ1) is 14.6. The van der Waals surface area contributed by atoms with Crippen LogP contribution in [0.5, 0.6) is 11.5 Å². The molecule has 0 aliphatic carbocycles. The Bertz CT molecular complexity index is 896. The zero-order chi connectivity index (χ0) is 21.3. The third-order valence-corrected chi connectivity index (χ3v) is 4.81. The quantitative estimate of drug-likeness (QED) is 0.466. The van der Waals surface area contributed by atoms with Crippen LogP contribution >= 0.6 is 0 Å². The maximum atomic E-state index is 12.8. The molecule has 2 aromatic carbocycles.